The van der Waals surface area contributed by atoms with Crippen LogP contribution in [0.4, 0.5) is 0 Å². The van der Waals surface area contributed by atoms with Crippen LogP contribution in [0.1, 0.15) is 123 Å². The number of amides is 2. The molecule has 12 heteroatoms. The van der Waals surface area contributed by atoms with E-state index in [1.807, 2.05) is 83.1 Å². The Bertz CT molecular complexity index is 1120. The molecular weight excluding hydrogens is 547 g/mol. The number of unbranched alkanes of at least 4 members (excludes halogenated alkanes) is 1. The van der Waals surface area contributed by atoms with Crippen molar-refractivity contribution in [2.45, 2.75) is 141 Å². The number of fused-ring (bicyclic) bond motifs is 1. The first-order valence-electron chi connectivity index (χ1n) is 15.6. The maximum absolute atomic E-state index is 13.0. The topological polar surface area (TPSA) is 92.8 Å². The lowest BCUT2D eigenvalue weighted by molar-refractivity contribution is 0.00578. The number of rotatable bonds is 8. The molecule has 0 bridgehead atoms. The first-order valence-corrected chi connectivity index (χ1v) is 15.6. The standard InChI is InChI=1S/C31H48B3NO8/c1-25(2)26(3,4)39-32(38-25)31(33-40-27(5,6)28(7,8)41-33,34-42-29(9,10)30(11,12)43-34)19-15-16-20-35-23(36)21-17-13-14-18-22(21)24(35)37/h13-14,17-18H,15-16,19-20H2,1-12H3. The molecule has 0 unspecified atom stereocenters. The summed E-state index contributed by atoms with van der Waals surface area (Å²) in [5.74, 6) is -0.510. The van der Waals surface area contributed by atoms with Gasteiger partial charge >= 0.3 is 21.4 Å². The summed E-state index contributed by atoms with van der Waals surface area (Å²) in [5.41, 5.74) is -2.87. The molecule has 0 aliphatic carbocycles. The zero-order chi connectivity index (χ0) is 32.0. The molecule has 2 amide bonds. The Hall–Kier alpha value is -1.69. The van der Waals surface area contributed by atoms with Gasteiger partial charge in [0.15, 0.2) is 0 Å². The van der Waals surface area contributed by atoms with Gasteiger partial charge in [-0.1, -0.05) is 25.0 Å². The molecule has 3 saturated heterocycles. The average molecular weight is 595 g/mol. The van der Waals surface area contributed by atoms with Crippen LogP contribution in [0, 0.1) is 0 Å². The normalized spacial score (nSPS) is 26.5. The number of carbonyl (C=O) groups excluding carboxylic acids is 2. The van der Waals surface area contributed by atoms with Crippen LogP contribution < -0.4 is 0 Å². The van der Waals surface area contributed by atoms with E-state index in [-0.39, 0.29) is 11.8 Å². The van der Waals surface area contributed by atoms with E-state index in [1.165, 1.54) is 4.90 Å². The van der Waals surface area contributed by atoms with Crippen molar-refractivity contribution in [2.24, 2.45) is 0 Å². The summed E-state index contributed by atoms with van der Waals surface area (Å²) in [6.45, 7) is 24.6. The number of hydrogen-bond donors (Lipinski definition) is 0. The zero-order valence-electron chi connectivity index (χ0n) is 28.1. The molecular formula is C31H48B3NO8. The number of nitrogens with zero attached hydrogens (tertiary/aromatic N) is 1. The maximum Gasteiger partial charge on any atom is 0.459 e. The van der Waals surface area contributed by atoms with Crippen molar-refractivity contribution >= 4 is 33.2 Å². The molecule has 1 aromatic carbocycles. The van der Waals surface area contributed by atoms with E-state index in [2.05, 4.69) is 0 Å². The van der Waals surface area contributed by atoms with Gasteiger partial charge in [-0.15, -0.1) is 0 Å². The first kappa shape index (κ1) is 32.7. The molecule has 9 nitrogen and oxygen atoms in total. The van der Waals surface area contributed by atoms with E-state index < -0.39 is 60.1 Å². The Morgan fingerprint density at radius 1 is 0.558 bits per heavy atom. The fourth-order valence-corrected chi connectivity index (χ4v) is 6.02. The van der Waals surface area contributed by atoms with E-state index in [9.17, 15) is 9.59 Å². The number of imide groups is 1. The highest BCUT2D eigenvalue weighted by Gasteiger charge is 2.76. The first-order chi connectivity index (χ1) is 19.6. The van der Waals surface area contributed by atoms with Crippen molar-refractivity contribution in [3.63, 3.8) is 0 Å². The lowest BCUT2D eigenvalue weighted by Crippen LogP contribution is -2.58. The summed E-state index contributed by atoms with van der Waals surface area (Å²) >= 11 is 0. The van der Waals surface area contributed by atoms with E-state index in [0.29, 0.717) is 36.9 Å². The van der Waals surface area contributed by atoms with Crippen LogP contribution in [0.15, 0.2) is 24.3 Å². The van der Waals surface area contributed by atoms with Gasteiger partial charge < -0.3 is 27.9 Å². The molecule has 234 valence electrons. The van der Waals surface area contributed by atoms with Crippen molar-refractivity contribution in [2.75, 3.05) is 6.54 Å². The highest BCUT2D eigenvalue weighted by molar-refractivity contribution is 6.89. The summed E-state index contributed by atoms with van der Waals surface area (Å²) in [6, 6.07) is 6.97. The predicted molar refractivity (Wildman–Crippen MR) is 167 cm³/mol. The Labute approximate surface area is 258 Å². The van der Waals surface area contributed by atoms with Gasteiger partial charge in [-0.25, -0.2) is 0 Å². The molecule has 0 saturated carbocycles. The lowest BCUT2D eigenvalue weighted by atomic mass is 9.23. The number of benzene rings is 1. The molecule has 0 aromatic heterocycles. The summed E-state index contributed by atoms with van der Waals surface area (Å²) < 4.78 is 40.6. The molecule has 4 aliphatic rings. The van der Waals surface area contributed by atoms with E-state index in [0.717, 1.165) is 0 Å². The maximum atomic E-state index is 13.0. The molecule has 4 heterocycles. The molecule has 43 heavy (non-hydrogen) atoms. The largest absolute Gasteiger partial charge is 0.459 e. The van der Waals surface area contributed by atoms with Gasteiger partial charge in [0.2, 0.25) is 0 Å². The van der Waals surface area contributed by atoms with Gasteiger partial charge in [-0.3, -0.25) is 14.5 Å². The highest BCUT2D eigenvalue weighted by atomic mass is 16.7. The summed E-state index contributed by atoms with van der Waals surface area (Å²) in [5, 5.41) is -1.05. The van der Waals surface area contributed by atoms with Crippen LogP contribution in [-0.2, 0) is 27.9 Å². The van der Waals surface area contributed by atoms with Crippen LogP contribution in [0.2, 0.25) is 5.11 Å². The van der Waals surface area contributed by atoms with Crippen LogP contribution in [0.3, 0.4) is 0 Å². The van der Waals surface area contributed by atoms with Crippen LogP contribution >= 0.6 is 0 Å². The Morgan fingerprint density at radius 2 is 0.860 bits per heavy atom. The van der Waals surface area contributed by atoms with E-state index in [1.54, 1.807) is 24.3 Å². The fraction of sp³-hybridized carbons (Fsp3) is 0.742. The highest BCUT2D eigenvalue weighted by Crippen LogP contribution is 2.58. The minimum atomic E-state index is -1.05. The van der Waals surface area contributed by atoms with Crippen molar-refractivity contribution in [1.29, 1.82) is 0 Å². The second-order valence-electron chi connectivity index (χ2n) is 15.6. The van der Waals surface area contributed by atoms with Crippen molar-refractivity contribution in [1.82, 2.24) is 4.90 Å². The summed E-state index contributed by atoms with van der Waals surface area (Å²) in [4.78, 5) is 27.4. The van der Waals surface area contributed by atoms with Crippen LogP contribution in [0.5, 0.6) is 0 Å². The molecule has 1 aromatic rings. The van der Waals surface area contributed by atoms with Gasteiger partial charge in [0.25, 0.3) is 11.8 Å². The second kappa shape index (κ2) is 10.2. The van der Waals surface area contributed by atoms with Gasteiger partial charge in [-0.05, 0) is 102 Å². The van der Waals surface area contributed by atoms with Crippen LogP contribution in [-0.4, -0.2) is 78.2 Å². The molecule has 0 spiro atoms. The number of hydrogen-bond acceptors (Lipinski definition) is 8. The van der Waals surface area contributed by atoms with Crippen molar-refractivity contribution < 1.29 is 37.5 Å². The third-order valence-electron chi connectivity index (χ3n) is 11.2. The average Bonchev–Trinajstić information content (AvgIpc) is 3.42. The monoisotopic (exact) mass is 595 g/mol. The van der Waals surface area contributed by atoms with E-state index >= 15 is 0 Å². The molecule has 0 N–H and O–H groups in total. The molecule has 0 radical (unpaired) electrons. The molecule has 0 atom stereocenters. The zero-order valence-corrected chi connectivity index (χ0v) is 28.1. The van der Waals surface area contributed by atoms with E-state index in [4.69, 9.17) is 27.9 Å². The third-order valence-corrected chi connectivity index (χ3v) is 11.2. The van der Waals surface area contributed by atoms with Crippen molar-refractivity contribution in [3.05, 3.63) is 35.4 Å². The quantitative estimate of drug-likeness (QED) is 0.220. The molecule has 3 fully saturated rings. The third kappa shape index (κ3) is 5.04. The van der Waals surface area contributed by atoms with Gasteiger partial charge in [0.1, 0.15) is 0 Å². The second-order valence-corrected chi connectivity index (χ2v) is 15.6. The van der Waals surface area contributed by atoms with Crippen molar-refractivity contribution in [3.8, 4) is 0 Å². The Kier molecular flexibility index (Phi) is 7.73. The van der Waals surface area contributed by atoms with Gasteiger partial charge in [0, 0.05) is 6.54 Å². The summed E-state index contributed by atoms with van der Waals surface area (Å²) in [7, 11) is -2.37. The van der Waals surface area contributed by atoms with Gasteiger partial charge in [-0.2, -0.15) is 0 Å². The fourth-order valence-electron chi connectivity index (χ4n) is 6.02. The van der Waals surface area contributed by atoms with Gasteiger partial charge in [0.05, 0.1) is 49.8 Å². The predicted octanol–water partition coefficient (Wildman–Crippen LogP) is 5.55. The Morgan fingerprint density at radius 3 is 1.16 bits per heavy atom. The van der Waals surface area contributed by atoms with Crippen LogP contribution in [0.25, 0.3) is 0 Å². The SMILES string of the molecule is CC1(C)OB(C(CCCCN2C(=O)c3ccccc3C2=O)(B2OC(C)(C)C(C)(C)O2)B2OC(C)(C)C(C)(C)O2)OC1(C)C. The minimum Gasteiger partial charge on any atom is -0.404 e. The Balaban J connectivity index is 1.49. The number of carbonyl (C=O) groups is 2. The molecule has 5 rings (SSSR count). The minimum absolute atomic E-state index is 0.255. The smallest absolute Gasteiger partial charge is 0.404 e. The molecule has 4 aliphatic heterocycles. The lowest BCUT2D eigenvalue weighted by Gasteiger charge is -2.38. The summed E-state index contributed by atoms with van der Waals surface area (Å²) in [6.07, 6.45) is 1.64.